The Hall–Kier alpha value is -4.11. The molecule has 8 nitrogen and oxygen atoms in total. The maximum Gasteiger partial charge on any atom is 0.237 e. The van der Waals surface area contributed by atoms with Gasteiger partial charge in [-0.1, -0.05) is 59.4 Å². The number of hydrogen-bond donors (Lipinski definition) is 0. The van der Waals surface area contributed by atoms with Gasteiger partial charge in [-0.3, -0.25) is 4.57 Å². The van der Waals surface area contributed by atoms with Gasteiger partial charge < -0.3 is 14.0 Å². The van der Waals surface area contributed by atoms with Crippen LogP contribution >= 0.6 is 11.8 Å². The van der Waals surface area contributed by atoms with Crippen LogP contribution in [0.25, 0.3) is 17.1 Å². The van der Waals surface area contributed by atoms with Gasteiger partial charge in [-0.05, 0) is 48.9 Å². The molecule has 0 aliphatic heterocycles. The van der Waals surface area contributed by atoms with Gasteiger partial charge in [0.1, 0.15) is 17.3 Å². The van der Waals surface area contributed by atoms with Crippen LogP contribution in [0.15, 0.2) is 88.5 Å². The monoisotopic (exact) mass is 499 g/mol. The lowest BCUT2D eigenvalue weighted by Gasteiger charge is -2.11. The van der Waals surface area contributed by atoms with E-state index in [4.69, 9.17) is 14.0 Å². The predicted octanol–water partition coefficient (Wildman–Crippen LogP) is 5.61. The first kappa shape index (κ1) is 23.6. The molecule has 182 valence electrons. The number of thioether (sulfide) groups is 1. The first-order chi connectivity index (χ1) is 17.7. The Kier molecular flexibility index (Phi) is 7.28. The summed E-state index contributed by atoms with van der Waals surface area (Å²) in [6.07, 6.45) is 0.655. The van der Waals surface area contributed by atoms with E-state index < -0.39 is 0 Å². The van der Waals surface area contributed by atoms with Gasteiger partial charge in [0.15, 0.2) is 5.16 Å². The Morgan fingerprint density at radius 2 is 1.75 bits per heavy atom. The molecule has 9 heteroatoms. The number of ether oxygens (including phenoxy) is 2. The van der Waals surface area contributed by atoms with Crippen LogP contribution in [0.1, 0.15) is 24.2 Å². The van der Waals surface area contributed by atoms with Crippen molar-refractivity contribution in [2.75, 3.05) is 13.7 Å². The summed E-state index contributed by atoms with van der Waals surface area (Å²) >= 11 is 1.49. The normalized spacial score (nSPS) is 10.9. The van der Waals surface area contributed by atoms with E-state index in [-0.39, 0.29) is 0 Å². The molecule has 0 N–H and O–H groups in total. The van der Waals surface area contributed by atoms with Crippen LogP contribution in [0.2, 0.25) is 0 Å². The van der Waals surface area contributed by atoms with E-state index >= 15 is 0 Å². The summed E-state index contributed by atoms with van der Waals surface area (Å²) in [6.45, 7) is 2.59. The molecule has 0 spiro atoms. The van der Waals surface area contributed by atoms with E-state index in [1.54, 1.807) is 7.11 Å². The summed E-state index contributed by atoms with van der Waals surface area (Å²) in [5, 5.41) is 13.9. The Morgan fingerprint density at radius 3 is 2.53 bits per heavy atom. The van der Waals surface area contributed by atoms with Crippen molar-refractivity contribution < 1.29 is 14.0 Å². The van der Waals surface area contributed by atoms with Crippen LogP contribution in [0, 0.1) is 0 Å². The number of methoxy groups -OCH3 is 1. The molecular formula is C27H25N5O3S. The van der Waals surface area contributed by atoms with Gasteiger partial charge in [-0.15, -0.1) is 10.2 Å². The molecule has 0 fully saturated rings. The van der Waals surface area contributed by atoms with Crippen molar-refractivity contribution in [3.05, 3.63) is 96.1 Å². The lowest BCUT2D eigenvalue weighted by Crippen LogP contribution is -2.04. The van der Waals surface area contributed by atoms with Crippen molar-refractivity contribution in [2.45, 2.75) is 24.3 Å². The first-order valence-corrected chi connectivity index (χ1v) is 12.5. The molecule has 5 rings (SSSR count). The molecule has 0 unspecified atom stereocenters. The van der Waals surface area contributed by atoms with Crippen LogP contribution in [0.3, 0.4) is 0 Å². The Balaban J connectivity index is 1.39. The molecule has 0 saturated carbocycles. The highest BCUT2D eigenvalue weighted by Gasteiger charge is 2.17. The minimum Gasteiger partial charge on any atom is -0.497 e. The van der Waals surface area contributed by atoms with Crippen LogP contribution in [0.4, 0.5) is 0 Å². The van der Waals surface area contributed by atoms with E-state index in [9.17, 15) is 0 Å². The molecular weight excluding hydrogens is 474 g/mol. The first-order valence-electron chi connectivity index (χ1n) is 11.5. The maximum absolute atomic E-state index is 5.61. The minimum atomic E-state index is 0.456. The van der Waals surface area contributed by atoms with Crippen LogP contribution in [-0.2, 0) is 12.2 Å². The highest BCUT2D eigenvalue weighted by atomic mass is 32.2. The molecule has 2 heterocycles. The topological polar surface area (TPSA) is 88.1 Å². The van der Waals surface area contributed by atoms with Gasteiger partial charge in [-0.25, -0.2) is 0 Å². The zero-order valence-electron chi connectivity index (χ0n) is 20.0. The summed E-state index contributed by atoms with van der Waals surface area (Å²) in [5.74, 6) is 3.88. The fourth-order valence-corrected chi connectivity index (χ4v) is 4.53. The van der Waals surface area contributed by atoms with Crippen LogP contribution < -0.4 is 9.47 Å². The van der Waals surface area contributed by atoms with Crippen molar-refractivity contribution in [3.63, 3.8) is 0 Å². The second-order valence-electron chi connectivity index (χ2n) is 7.86. The van der Waals surface area contributed by atoms with Crippen LogP contribution in [-0.4, -0.2) is 38.6 Å². The second-order valence-corrected chi connectivity index (χ2v) is 8.80. The number of hydrogen-bond acceptors (Lipinski definition) is 8. The van der Waals surface area contributed by atoms with Gasteiger partial charge in [0.25, 0.3) is 0 Å². The Labute approximate surface area is 213 Å². The molecule has 3 aromatic carbocycles. The zero-order valence-corrected chi connectivity index (χ0v) is 20.8. The van der Waals surface area contributed by atoms with Gasteiger partial charge in [0, 0.05) is 17.7 Å². The maximum atomic E-state index is 5.61. The SMILES string of the molecule is CCOc1ccc(-n2c(Cc3ccccc3)nnc2SCc2nc(-c3cccc(OC)c3)no2)cc1. The van der Waals surface area contributed by atoms with Crippen molar-refractivity contribution in [1.82, 2.24) is 24.9 Å². The van der Waals surface area contributed by atoms with Crippen molar-refractivity contribution in [2.24, 2.45) is 0 Å². The Bertz CT molecular complexity index is 1420. The molecule has 0 bridgehead atoms. The average Bonchev–Trinajstić information content (AvgIpc) is 3.56. The lowest BCUT2D eigenvalue weighted by atomic mass is 10.1. The highest BCUT2D eigenvalue weighted by molar-refractivity contribution is 7.98. The fraction of sp³-hybridized carbons (Fsp3) is 0.185. The number of benzene rings is 3. The zero-order chi connectivity index (χ0) is 24.7. The third-order valence-corrected chi connectivity index (χ3v) is 6.35. The minimum absolute atomic E-state index is 0.456. The molecule has 0 amide bonds. The number of aromatic nitrogens is 5. The van der Waals surface area contributed by atoms with Gasteiger partial charge in [0.05, 0.1) is 19.5 Å². The summed E-state index contributed by atoms with van der Waals surface area (Å²) < 4.78 is 18.5. The Morgan fingerprint density at radius 1 is 0.917 bits per heavy atom. The van der Waals surface area contributed by atoms with E-state index in [0.717, 1.165) is 39.3 Å². The van der Waals surface area contributed by atoms with E-state index in [0.29, 0.717) is 30.5 Å². The van der Waals surface area contributed by atoms with Crippen molar-refractivity contribution >= 4 is 11.8 Å². The molecule has 0 saturated heterocycles. The standard InChI is InChI=1S/C27H25N5O3S/c1-3-34-22-14-12-21(13-15-22)32-24(16-19-8-5-4-6-9-19)29-30-27(32)36-18-25-28-26(31-35-25)20-10-7-11-23(17-20)33-2/h4-15,17H,3,16,18H2,1-2H3. The van der Waals surface area contributed by atoms with E-state index in [2.05, 4.69) is 37.0 Å². The third-order valence-electron chi connectivity index (χ3n) is 5.43. The van der Waals surface area contributed by atoms with Crippen molar-refractivity contribution in [1.29, 1.82) is 0 Å². The van der Waals surface area contributed by atoms with Gasteiger partial charge in [-0.2, -0.15) is 4.98 Å². The quantitative estimate of drug-likeness (QED) is 0.229. The predicted molar refractivity (Wildman–Crippen MR) is 138 cm³/mol. The smallest absolute Gasteiger partial charge is 0.237 e. The summed E-state index contributed by atoms with van der Waals surface area (Å²) in [6, 6.07) is 25.7. The van der Waals surface area contributed by atoms with Crippen molar-refractivity contribution in [3.8, 4) is 28.6 Å². The van der Waals surface area contributed by atoms with Crippen LogP contribution in [0.5, 0.6) is 11.5 Å². The van der Waals surface area contributed by atoms with Gasteiger partial charge >= 0.3 is 0 Å². The lowest BCUT2D eigenvalue weighted by molar-refractivity contribution is 0.340. The summed E-state index contributed by atoms with van der Waals surface area (Å²) in [4.78, 5) is 4.55. The average molecular weight is 500 g/mol. The molecule has 0 aliphatic rings. The largest absolute Gasteiger partial charge is 0.497 e. The number of nitrogens with zero attached hydrogens (tertiary/aromatic N) is 5. The van der Waals surface area contributed by atoms with E-state index in [1.807, 2.05) is 73.7 Å². The molecule has 0 atom stereocenters. The number of rotatable bonds is 10. The van der Waals surface area contributed by atoms with E-state index in [1.165, 1.54) is 11.8 Å². The summed E-state index contributed by atoms with van der Waals surface area (Å²) in [7, 11) is 1.63. The summed E-state index contributed by atoms with van der Waals surface area (Å²) in [5.41, 5.74) is 2.95. The molecule has 36 heavy (non-hydrogen) atoms. The molecule has 0 radical (unpaired) electrons. The molecule has 5 aromatic rings. The third kappa shape index (κ3) is 5.41. The molecule has 0 aliphatic carbocycles. The second kappa shape index (κ2) is 11.1. The molecule has 2 aromatic heterocycles. The fourth-order valence-electron chi connectivity index (χ4n) is 3.72. The highest BCUT2D eigenvalue weighted by Crippen LogP contribution is 2.28. The van der Waals surface area contributed by atoms with Gasteiger partial charge in [0.2, 0.25) is 11.7 Å².